The monoisotopic (exact) mass is 278 g/mol. The van der Waals surface area contributed by atoms with E-state index in [2.05, 4.69) is 19.2 Å². The smallest absolute Gasteiger partial charge is 0.255 e. The fourth-order valence-corrected chi connectivity index (χ4v) is 2.67. The van der Waals surface area contributed by atoms with Gasteiger partial charge in [0.1, 0.15) is 5.75 Å². The van der Waals surface area contributed by atoms with Crippen LogP contribution < -0.4 is 15.8 Å². The van der Waals surface area contributed by atoms with Crippen LogP contribution in [0.25, 0.3) is 0 Å². The summed E-state index contributed by atoms with van der Waals surface area (Å²) in [5, 5.41) is 3.03. The van der Waals surface area contributed by atoms with E-state index in [1.165, 1.54) is 7.11 Å². The molecule has 1 aliphatic carbocycles. The average molecular weight is 278 g/mol. The third-order valence-electron chi connectivity index (χ3n) is 4.24. The Hall–Kier alpha value is -1.75. The summed E-state index contributed by atoms with van der Waals surface area (Å²) in [5.41, 5.74) is 6.67. The zero-order chi connectivity index (χ0) is 14.9. The minimum absolute atomic E-state index is 0.0715. The lowest BCUT2D eigenvalue weighted by Gasteiger charge is -2.51. The highest BCUT2D eigenvalue weighted by Gasteiger charge is 2.49. The molecule has 0 bridgehead atoms. The van der Waals surface area contributed by atoms with Crippen LogP contribution in [0.1, 0.15) is 30.6 Å². The molecule has 1 saturated carbocycles. The molecular formula is C15H22N2O3. The van der Waals surface area contributed by atoms with Crippen LogP contribution in [0.5, 0.6) is 5.75 Å². The largest absolute Gasteiger partial charge is 0.496 e. The first kappa shape index (κ1) is 14.7. The molecule has 110 valence electrons. The van der Waals surface area contributed by atoms with Crippen molar-refractivity contribution in [2.75, 3.05) is 20.0 Å². The molecule has 1 aromatic carbocycles. The van der Waals surface area contributed by atoms with Crippen LogP contribution in [0.4, 0.5) is 5.69 Å². The first-order valence-electron chi connectivity index (χ1n) is 6.67. The predicted octanol–water partition coefficient (Wildman–Crippen LogP) is 1.82. The van der Waals surface area contributed by atoms with Gasteiger partial charge in [0.25, 0.3) is 5.91 Å². The minimum atomic E-state index is -0.165. The maximum absolute atomic E-state index is 12.4. The van der Waals surface area contributed by atoms with Gasteiger partial charge in [-0.2, -0.15) is 0 Å². The fourth-order valence-electron chi connectivity index (χ4n) is 2.67. The number of hydrogen-bond acceptors (Lipinski definition) is 4. The molecule has 0 saturated heterocycles. The molecule has 1 aromatic rings. The van der Waals surface area contributed by atoms with Gasteiger partial charge in [0.2, 0.25) is 0 Å². The number of rotatable bonds is 4. The highest BCUT2D eigenvalue weighted by molar-refractivity contribution is 5.98. The number of nitrogen functional groups attached to an aromatic ring is 1. The lowest BCUT2D eigenvalue weighted by molar-refractivity contribution is -0.0942. The van der Waals surface area contributed by atoms with E-state index in [9.17, 15) is 4.79 Å². The molecule has 0 heterocycles. The number of methoxy groups -OCH3 is 2. The number of carbonyl (C=O) groups excluding carboxylic acids is 1. The molecule has 3 N–H and O–H groups in total. The van der Waals surface area contributed by atoms with Crippen LogP contribution in [0.3, 0.4) is 0 Å². The molecular weight excluding hydrogens is 256 g/mol. The van der Waals surface area contributed by atoms with E-state index in [4.69, 9.17) is 15.2 Å². The Morgan fingerprint density at radius 3 is 2.65 bits per heavy atom. The molecule has 0 radical (unpaired) electrons. The average Bonchev–Trinajstić information content (AvgIpc) is 2.42. The molecule has 1 amide bonds. The predicted molar refractivity (Wildman–Crippen MR) is 77.9 cm³/mol. The van der Waals surface area contributed by atoms with Crippen molar-refractivity contribution in [3.63, 3.8) is 0 Å². The SMILES string of the molecule is COc1ccc(N)cc1C(=O)NC1CC(OC)C1(C)C. The van der Waals surface area contributed by atoms with Crippen molar-refractivity contribution < 1.29 is 14.3 Å². The number of nitrogens with one attached hydrogen (secondary N) is 1. The highest BCUT2D eigenvalue weighted by atomic mass is 16.5. The van der Waals surface area contributed by atoms with Gasteiger partial charge >= 0.3 is 0 Å². The van der Waals surface area contributed by atoms with Gasteiger partial charge in [0, 0.05) is 24.3 Å². The second-order valence-electron chi connectivity index (χ2n) is 5.77. The second kappa shape index (κ2) is 5.32. The number of anilines is 1. The summed E-state index contributed by atoms with van der Waals surface area (Å²) in [7, 11) is 3.24. The summed E-state index contributed by atoms with van der Waals surface area (Å²) in [6.07, 6.45) is 0.996. The van der Waals surface area contributed by atoms with Crippen LogP contribution in [-0.2, 0) is 4.74 Å². The van der Waals surface area contributed by atoms with E-state index in [1.54, 1.807) is 25.3 Å². The summed E-state index contributed by atoms with van der Waals surface area (Å²) in [5.74, 6) is 0.360. The lowest BCUT2D eigenvalue weighted by atomic mass is 9.64. The molecule has 1 fully saturated rings. The van der Waals surface area contributed by atoms with Crippen molar-refractivity contribution in [3.8, 4) is 5.75 Å². The summed E-state index contributed by atoms with van der Waals surface area (Å²) >= 11 is 0. The summed E-state index contributed by atoms with van der Waals surface area (Å²) < 4.78 is 10.6. The number of ether oxygens (including phenoxy) is 2. The Balaban J connectivity index is 2.12. The first-order valence-corrected chi connectivity index (χ1v) is 6.67. The van der Waals surface area contributed by atoms with Crippen molar-refractivity contribution >= 4 is 11.6 Å². The Morgan fingerprint density at radius 2 is 2.10 bits per heavy atom. The summed E-state index contributed by atoms with van der Waals surface area (Å²) in [6, 6.07) is 5.14. The van der Waals surface area contributed by atoms with Crippen LogP contribution in [-0.4, -0.2) is 32.3 Å². The Morgan fingerprint density at radius 1 is 1.40 bits per heavy atom. The van der Waals surface area contributed by atoms with Gasteiger partial charge in [0.15, 0.2) is 0 Å². The third kappa shape index (κ3) is 2.45. The number of carbonyl (C=O) groups is 1. The minimum Gasteiger partial charge on any atom is -0.496 e. The van der Waals surface area contributed by atoms with Crippen LogP contribution in [0.2, 0.25) is 0 Å². The third-order valence-corrected chi connectivity index (χ3v) is 4.24. The molecule has 0 aromatic heterocycles. The van der Waals surface area contributed by atoms with Gasteiger partial charge in [0.05, 0.1) is 18.8 Å². The summed E-state index contributed by atoms with van der Waals surface area (Å²) in [6.45, 7) is 4.18. The van der Waals surface area contributed by atoms with Crippen LogP contribution in [0, 0.1) is 5.41 Å². The number of benzene rings is 1. The van der Waals surface area contributed by atoms with E-state index < -0.39 is 0 Å². The zero-order valence-corrected chi connectivity index (χ0v) is 12.4. The normalized spacial score (nSPS) is 23.8. The van der Waals surface area contributed by atoms with Gasteiger partial charge in [-0.15, -0.1) is 0 Å². The quantitative estimate of drug-likeness (QED) is 0.824. The molecule has 1 aliphatic rings. The molecule has 2 atom stereocenters. The van der Waals surface area contributed by atoms with Gasteiger partial charge in [-0.3, -0.25) is 4.79 Å². The van der Waals surface area contributed by atoms with Crippen molar-refractivity contribution in [1.82, 2.24) is 5.32 Å². The van der Waals surface area contributed by atoms with Crippen molar-refractivity contribution in [1.29, 1.82) is 0 Å². The second-order valence-corrected chi connectivity index (χ2v) is 5.77. The van der Waals surface area contributed by atoms with Crippen molar-refractivity contribution in [3.05, 3.63) is 23.8 Å². The Labute approximate surface area is 119 Å². The van der Waals surface area contributed by atoms with E-state index >= 15 is 0 Å². The molecule has 0 spiro atoms. The Bertz CT molecular complexity index is 514. The van der Waals surface area contributed by atoms with Gasteiger partial charge in [-0.25, -0.2) is 0 Å². The Kier molecular flexibility index (Phi) is 3.90. The molecule has 2 unspecified atom stereocenters. The van der Waals surface area contributed by atoms with Crippen molar-refractivity contribution in [2.24, 2.45) is 5.41 Å². The topological polar surface area (TPSA) is 73.6 Å². The lowest BCUT2D eigenvalue weighted by Crippen LogP contribution is -2.61. The number of amides is 1. The number of hydrogen-bond donors (Lipinski definition) is 2. The van der Waals surface area contributed by atoms with E-state index in [0.29, 0.717) is 17.0 Å². The number of nitrogens with two attached hydrogens (primary N) is 1. The van der Waals surface area contributed by atoms with Crippen LogP contribution in [0.15, 0.2) is 18.2 Å². The highest BCUT2D eigenvalue weighted by Crippen LogP contribution is 2.42. The molecule has 5 heteroatoms. The van der Waals surface area contributed by atoms with Gasteiger partial charge < -0.3 is 20.5 Å². The standard InChI is InChI=1S/C15H22N2O3/c1-15(2)12(8-13(15)20-4)17-14(18)10-7-9(16)5-6-11(10)19-3/h5-7,12-13H,8,16H2,1-4H3,(H,17,18). The first-order chi connectivity index (χ1) is 9.40. The van der Waals surface area contributed by atoms with E-state index in [0.717, 1.165) is 6.42 Å². The van der Waals surface area contributed by atoms with E-state index in [1.807, 2.05) is 0 Å². The van der Waals surface area contributed by atoms with Crippen molar-refractivity contribution in [2.45, 2.75) is 32.4 Å². The molecule has 20 heavy (non-hydrogen) atoms. The molecule has 5 nitrogen and oxygen atoms in total. The van der Waals surface area contributed by atoms with Crippen LogP contribution >= 0.6 is 0 Å². The maximum atomic E-state index is 12.4. The molecule has 2 rings (SSSR count). The fraction of sp³-hybridized carbons (Fsp3) is 0.533. The zero-order valence-electron chi connectivity index (χ0n) is 12.4. The molecule has 0 aliphatic heterocycles. The summed E-state index contributed by atoms with van der Waals surface area (Å²) in [4.78, 5) is 12.4. The van der Waals surface area contributed by atoms with Gasteiger partial charge in [-0.05, 0) is 24.6 Å². The van der Waals surface area contributed by atoms with E-state index in [-0.39, 0.29) is 23.5 Å². The van der Waals surface area contributed by atoms with Gasteiger partial charge in [-0.1, -0.05) is 13.8 Å². The maximum Gasteiger partial charge on any atom is 0.255 e.